The molecule has 3 nitrogen and oxygen atoms in total. The first-order chi connectivity index (χ1) is 8.18. The highest BCUT2D eigenvalue weighted by Crippen LogP contribution is 2.20. The van der Waals surface area contributed by atoms with E-state index in [4.69, 9.17) is 4.74 Å². The van der Waals surface area contributed by atoms with Crippen LogP contribution in [0, 0.1) is 6.92 Å². The molecule has 1 aromatic carbocycles. The minimum absolute atomic E-state index is 0.121. The van der Waals surface area contributed by atoms with Gasteiger partial charge >= 0.3 is 0 Å². The number of nitrogens with one attached hydrogen (secondary N) is 1. The summed E-state index contributed by atoms with van der Waals surface area (Å²) in [7, 11) is 0. The molecule has 1 heterocycles. The second-order valence-corrected chi connectivity index (χ2v) is 4.18. The van der Waals surface area contributed by atoms with Crippen LogP contribution in [0.25, 0.3) is 6.08 Å². The summed E-state index contributed by atoms with van der Waals surface area (Å²) in [6, 6.07) is 5.80. The number of fused-ring (bicyclic) bond motifs is 2. The van der Waals surface area contributed by atoms with Crippen LogP contribution in [0.1, 0.15) is 28.4 Å². The van der Waals surface area contributed by atoms with E-state index in [1.54, 1.807) is 6.08 Å². The van der Waals surface area contributed by atoms with Crippen LogP contribution in [0.5, 0.6) is 0 Å². The molecule has 0 radical (unpaired) electrons. The van der Waals surface area contributed by atoms with Gasteiger partial charge in [0.25, 0.3) is 0 Å². The number of ether oxygens (including phenoxy) is 1. The molecular weight excluding hydrogens is 214 g/mol. The average Bonchev–Trinajstić information content (AvgIpc) is 2.76. The Morgan fingerprint density at radius 3 is 2.71 bits per heavy atom. The number of rotatable bonds is 0. The molecule has 0 spiro atoms. The Kier molecular flexibility index (Phi) is 3.71. The van der Waals surface area contributed by atoms with E-state index in [0.29, 0.717) is 6.23 Å². The number of hydrogen-bond acceptors (Lipinski definition) is 3. The van der Waals surface area contributed by atoms with Gasteiger partial charge in [-0.1, -0.05) is 24.3 Å². The van der Waals surface area contributed by atoms with Gasteiger partial charge in [0.15, 0.2) is 5.78 Å². The van der Waals surface area contributed by atoms with Crippen LogP contribution in [-0.2, 0) is 4.74 Å². The van der Waals surface area contributed by atoms with Gasteiger partial charge in [-0.05, 0) is 31.1 Å². The van der Waals surface area contributed by atoms with Gasteiger partial charge in [0.2, 0.25) is 0 Å². The number of hydrogen-bond donors (Lipinski definition) is 1. The van der Waals surface area contributed by atoms with Crippen molar-refractivity contribution in [1.82, 2.24) is 5.32 Å². The van der Waals surface area contributed by atoms with Gasteiger partial charge in [-0.25, -0.2) is 0 Å². The molecule has 1 aliphatic heterocycles. The van der Waals surface area contributed by atoms with Crippen LogP contribution in [0.4, 0.5) is 0 Å². The molecule has 0 amide bonds. The molecule has 1 fully saturated rings. The van der Waals surface area contributed by atoms with Crippen molar-refractivity contribution in [2.45, 2.75) is 20.1 Å². The quantitative estimate of drug-likeness (QED) is 0.743. The van der Waals surface area contributed by atoms with Crippen molar-refractivity contribution in [3.63, 3.8) is 0 Å². The van der Waals surface area contributed by atoms with Crippen molar-refractivity contribution >= 4 is 11.9 Å². The maximum absolute atomic E-state index is 11.2. The maximum atomic E-state index is 11.2. The average molecular weight is 231 g/mol. The van der Waals surface area contributed by atoms with Crippen molar-refractivity contribution in [3.05, 3.63) is 41.0 Å². The zero-order valence-corrected chi connectivity index (χ0v) is 10.2. The van der Waals surface area contributed by atoms with Crippen molar-refractivity contribution in [1.29, 1.82) is 0 Å². The summed E-state index contributed by atoms with van der Waals surface area (Å²) in [5.74, 6) is 0.121. The zero-order chi connectivity index (χ0) is 12.3. The van der Waals surface area contributed by atoms with E-state index in [0.717, 1.165) is 29.8 Å². The molecule has 1 N–H and O–H groups in total. The lowest BCUT2D eigenvalue weighted by atomic mass is 9.94. The Hall–Kier alpha value is -1.45. The number of allylic oxidation sites excluding steroid dienone is 1. The highest BCUT2D eigenvalue weighted by molar-refractivity contribution is 6.10. The monoisotopic (exact) mass is 231 g/mol. The molecule has 0 saturated carbocycles. The molecule has 3 rings (SSSR count). The maximum Gasteiger partial charge on any atom is 0.186 e. The fourth-order valence-electron chi connectivity index (χ4n) is 1.91. The van der Waals surface area contributed by atoms with Gasteiger partial charge in [0.1, 0.15) is 6.23 Å². The second kappa shape index (κ2) is 5.25. The first kappa shape index (κ1) is 12.0. The minimum Gasteiger partial charge on any atom is -0.362 e. The predicted octanol–water partition coefficient (Wildman–Crippen LogP) is 2.16. The Bertz CT molecular complexity index is 446. The number of benzene rings is 1. The van der Waals surface area contributed by atoms with E-state index in [-0.39, 0.29) is 5.78 Å². The van der Waals surface area contributed by atoms with Gasteiger partial charge in [-0.15, -0.1) is 0 Å². The van der Waals surface area contributed by atoms with Gasteiger partial charge in [-0.3, -0.25) is 10.1 Å². The van der Waals surface area contributed by atoms with Crippen LogP contribution in [-0.4, -0.2) is 25.2 Å². The Balaban J connectivity index is 0.000000153. The third-order valence-corrected chi connectivity index (χ3v) is 2.96. The lowest BCUT2D eigenvalue weighted by molar-refractivity contribution is 0.104. The predicted molar refractivity (Wildman–Crippen MR) is 68.0 cm³/mol. The summed E-state index contributed by atoms with van der Waals surface area (Å²) in [6.45, 7) is 5.88. The molecular formula is C14H17NO2. The standard InChI is InChI=1S/C10H8O.C4H9NO/c1-7-8-3-2-4-9(7)10(11)6-5-8;1-4-5-2-3-6-4/h2-6H,1H3;4-5H,2-3H2,1H3. The van der Waals surface area contributed by atoms with Crippen LogP contribution >= 0.6 is 0 Å². The fraction of sp³-hybridized carbons (Fsp3) is 0.357. The molecule has 3 heteroatoms. The Labute approximate surface area is 101 Å². The van der Waals surface area contributed by atoms with Gasteiger partial charge in [0, 0.05) is 12.1 Å². The van der Waals surface area contributed by atoms with E-state index < -0.39 is 0 Å². The molecule has 1 aliphatic carbocycles. The largest absolute Gasteiger partial charge is 0.362 e. The molecule has 90 valence electrons. The van der Waals surface area contributed by atoms with E-state index in [9.17, 15) is 4.79 Å². The van der Waals surface area contributed by atoms with Crippen molar-refractivity contribution < 1.29 is 9.53 Å². The van der Waals surface area contributed by atoms with Gasteiger partial charge in [0.05, 0.1) is 6.61 Å². The van der Waals surface area contributed by atoms with Crippen molar-refractivity contribution in [2.24, 2.45) is 0 Å². The van der Waals surface area contributed by atoms with E-state index in [2.05, 4.69) is 5.32 Å². The molecule has 1 aromatic rings. The van der Waals surface area contributed by atoms with E-state index >= 15 is 0 Å². The summed E-state index contributed by atoms with van der Waals surface area (Å²) in [5.41, 5.74) is 3.09. The van der Waals surface area contributed by atoms with E-state index in [1.165, 1.54) is 0 Å². The van der Waals surface area contributed by atoms with Crippen molar-refractivity contribution in [2.75, 3.05) is 13.2 Å². The highest BCUT2D eigenvalue weighted by Gasteiger charge is 2.11. The summed E-state index contributed by atoms with van der Waals surface area (Å²) in [5, 5.41) is 3.10. The first-order valence-electron chi connectivity index (χ1n) is 5.85. The minimum atomic E-state index is 0.121. The summed E-state index contributed by atoms with van der Waals surface area (Å²) >= 11 is 0. The van der Waals surface area contributed by atoms with Gasteiger partial charge in [-0.2, -0.15) is 0 Å². The lowest BCUT2D eigenvalue weighted by Gasteiger charge is -2.09. The highest BCUT2D eigenvalue weighted by atomic mass is 16.5. The third kappa shape index (κ3) is 2.81. The number of carbonyl (C=O) groups excluding carboxylic acids is 1. The van der Waals surface area contributed by atoms with Crippen LogP contribution in [0.2, 0.25) is 0 Å². The second-order valence-electron chi connectivity index (χ2n) is 4.18. The summed E-state index contributed by atoms with van der Waals surface area (Å²) in [6.07, 6.45) is 3.78. The van der Waals surface area contributed by atoms with Gasteiger partial charge < -0.3 is 4.74 Å². The number of carbonyl (C=O) groups is 1. The molecule has 17 heavy (non-hydrogen) atoms. The zero-order valence-electron chi connectivity index (χ0n) is 10.2. The number of ketones is 1. The SMILES string of the molecule is CC1NCCO1.Cc1c2cccc1C(=O)C=C2. The third-order valence-electron chi connectivity index (χ3n) is 2.96. The first-order valence-corrected chi connectivity index (χ1v) is 5.85. The normalized spacial score (nSPS) is 21.1. The van der Waals surface area contributed by atoms with Crippen molar-refractivity contribution in [3.8, 4) is 0 Å². The molecule has 2 bridgehead atoms. The molecule has 1 saturated heterocycles. The van der Waals surface area contributed by atoms with Crippen LogP contribution in [0.3, 0.4) is 0 Å². The Morgan fingerprint density at radius 1 is 1.35 bits per heavy atom. The topological polar surface area (TPSA) is 38.3 Å². The van der Waals surface area contributed by atoms with E-state index in [1.807, 2.05) is 38.1 Å². The lowest BCUT2D eigenvalue weighted by Crippen LogP contribution is -2.17. The van der Waals surface area contributed by atoms with Crippen LogP contribution < -0.4 is 5.32 Å². The molecule has 1 atom stereocenters. The fourth-order valence-corrected chi connectivity index (χ4v) is 1.91. The Morgan fingerprint density at radius 2 is 2.18 bits per heavy atom. The molecule has 1 unspecified atom stereocenters. The van der Waals surface area contributed by atoms with Crippen LogP contribution in [0.15, 0.2) is 24.3 Å². The summed E-state index contributed by atoms with van der Waals surface area (Å²) in [4.78, 5) is 11.2. The summed E-state index contributed by atoms with van der Waals surface area (Å²) < 4.78 is 5.04. The molecule has 0 aromatic heterocycles. The smallest absolute Gasteiger partial charge is 0.186 e. The molecule has 2 aliphatic rings.